The van der Waals surface area contributed by atoms with Gasteiger partial charge in [-0.05, 0) is 30.7 Å². The van der Waals surface area contributed by atoms with E-state index in [9.17, 15) is 23.2 Å². The van der Waals surface area contributed by atoms with E-state index in [4.69, 9.17) is 0 Å². The average Bonchev–Trinajstić information content (AvgIpc) is 2.92. The maximum atomic E-state index is 13.2. The molecular formula is C17H15F2NO4. The Morgan fingerprint density at radius 2 is 1.83 bits per heavy atom. The molecule has 24 heavy (non-hydrogen) atoms. The first-order chi connectivity index (χ1) is 11.3. The smallest absolute Gasteiger partial charge is 0.379 e. The van der Waals surface area contributed by atoms with Crippen LogP contribution in [0.3, 0.4) is 0 Å². The number of ether oxygens (including phenoxy) is 1. The fourth-order valence-electron chi connectivity index (χ4n) is 2.21. The van der Waals surface area contributed by atoms with Crippen molar-refractivity contribution in [1.29, 1.82) is 0 Å². The van der Waals surface area contributed by atoms with Crippen LogP contribution in [0.1, 0.15) is 33.3 Å². The highest BCUT2D eigenvalue weighted by atomic mass is 19.2. The molecule has 1 aromatic carbocycles. The molecule has 0 aliphatic heterocycles. The molecule has 0 aliphatic carbocycles. The molecule has 0 amide bonds. The normalized spacial score (nSPS) is 10.5. The lowest BCUT2D eigenvalue weighted by molar-refractivity contribution is -0.137. The van der Waals surface area contributed by atoms with E-state index in [0.29, 0.717) is 5.56 Å². The number of esters is 1. The molecule has 0 aliphatic rings. The summed E-state index contributed by atoms with van der Waals surface area (Å²) in [7, 11) is 1.54. The first-order valence-corrected chi connectivity index (χ1v) is 7.18. The molecule has 0 N–H and O–H groups in total. The number of nitrogens with zero attached hydrogens (tertiary/aromatic N) is 1. The quantitative estimate of drug-likeness (QED) is 0.462. The zero-order valence-electron chi connectivity index (χ0n) is 13.1. The lowest BCUT2D eigenvalue weighted by Gasteiger charge is -2.03. The van der Waals surface area contributed by atoms with E-state index in [-0.39, 0.29) is 24.3 Å². The van der Waals surface area contributed by atoms with Crippen LogP contribution in [0.4, 0.5) is 8.78 Å². The van der Waals surface area contributed by atoms with Crippen LogP contribution >= 0.6 is 0 Å². The van der Waals surface area contributed by atoms with Crippen molar-refractivity contribution in [2.45, 2.75) is 13.3 Å². The Morgan fingerprint density at radius 1 is 1.12 bits per heavy atom. The highest BCUT2D eigenvalue weighted by molar-refractivity contribution is 6.40. The number of carbonyl (C=O) groups is 3. The summed E-state index contributed by atoms with van der Waals surface area (Å²) in [5.74, 6) is -4.27. The monoisotopic (exact) mass is 335 g/mol. The van der Waals surface area contributed by atoms with Gasteiger partial charge in [-0.15, -0.1) is 0 Å². The van der Waals surface area contributed by atoms with Gasteiger partial charge >= 0.3 is 5.97 Å². The Hall–Kier alpha value is -2.83. The van der Waals surface area contributed by atoms with Crippen LogP contribution in [0.5, 0.6) is 0 Å². The van der Waals surface area contributed by atoms with E-state index in [2.05, 4.69) is 4.74 Å². The van der Waals surface area contributed by atoms with Crippen molar-refractivity contribution in [3.8, 4) is 0 Å². The Morgan fingerprint density at radius 3 is 2.46 bits per heavy atom. The molecule has 0 unspecified atom stereocenters. The van der Waals surface area contributed by atoms with Crippen LogP contribution < -0.4 is 0 Å². The van der Waals surface area contributed by atoms with Gasteiger partial charge in [0.15, 0.2) is 17.4 Å². The van der Waals surface area contributed by atoms with Gasteiger partial charge in [-0.3, -0.25) is 9.59 Å². The van der Waals surface area contributed by atoms with Gasteiger partial charge in [0, 0.05) is 25.2 Å². The zero-order chi connectivity index (χ0) is 17.9. The lowest BCUT2D eigenvalue weighted by atomic mass is 10.1. The molecule has 0 spiro atoms. The molecule has 5 nitrogen and oxygen atoms in total. The summed E-state index contributed by atoms with van der Waals surface area (Å²) in [5.41, 5.74) is 0.510. The Labute approximate surface area is 136 Å². The number of carbonyl (C=O) groups excluding carboxylic acids is 3. The van der Waals surface area contributed by atoms with Gasteiger partial charge in [0.05, 0.1) is 12.3 Å². The third-order valence-corrected chi connectivity index (χ3v) is 3.36. The predicted molar refractivity (Wildman–Crippen MR) is 80.8 cm³/mol. The minimum absolute atomic E-state index is 0.0320. The molecule has 0 fully saturated rings. The minimum Gasteiger partial charge on any atom is -0.460 e. The summed E-state index contributed by atoms with van der Waals surface area (Å²) < 4.78 is 32.1. The third kappa shape index (κ3) is 3.73. The van der Waals surface area contributed by atoms with E-state index in [1.165, 1.54) is 22.9 Å². The second-order valence-corrected chi connectivity index (χ2v) is 5.12. The molecule has 1 heterocycles. The van der Waals surface area contributed by atoms with Crippen LogP contribution in [0.2, 0.25) is 0 Å². The lowest BCUT2D eigenvalue weighted by Crippen LogP contribution is -2.16. The number of halogens is 2. The molecule has 0 bridgehead atoms. The fourth-order valence-corrected chi connectivity index (χ4v) is 2.21. The number of aryl methyl sites for hydroxylation is 1. The van der Waals surface area contributed by atoms with Gasteiger partial charge in [0.2, 0.25) is 0 Å². The van der Waals surface area contributed by atoms with Crippen molar-refractivity contribution in [2.24, 2.45) is 7.05 Å². The molecule has 1 aromatic heterocycles. The first-order valence-electron chi connectivity index (χ1n) is 7.18. The van der Waals surface area contributed by atoms with Gasteiger partial charge in [-0.1, -0.05) is 6.07 Å². The SMILES string of the molecule is CCOC(=O)C(=O)c1cc(C(=O)Cc2ccc(F)c(F)c2)n(C)c1. The number of Topliss-reactive ketones (excluding diaryl/α,β-unsaturated/α-hetero) is 2. The fraction of sp³-hybridized carbons (Fsp3) is 0.235. The Balaban J connectivity index is 2.19. The topological polar surface area (TPSA) is 65.4 Å². The van der Waals surface area contributed by atoms with Crippen molar-refractivity contribution >= 4 is 17.5 Å². The van der Waals surface area contributed by atoms with Crippen LogP contribution in [0.15, 0.2) is 30.5 Å². The summed E-state index contributed by atoms with van der Waals surface area (Å²) in [4.78, 5) is 35.6. The summed E-state index contributed by atoms with van der Waals surface area (Å²) in [6.45, 7) is 1.65. The van der Waals surface area contributed by atoms with Crippen molar-refractivity contribution < 1.29 is 27.9 Å². The number of benzene rings is 1. The molecule has 0 radical (unpaired) electrons. The van der Waals surface area contributed by atoms with Crippen molar-refractivity contribution in [1.82, 2.24) is 4.57 Å². The number of rotatable bonds is 6. The van der Waals surface area contributed by atoms with Crippen LogP contribution in [0, 0.1) is 11.6 Å². The molecule has 0 saturated carbocycles. The number of aromatic nitrogens is 1. The summed E-state index contributed by atoms with van der Waals surface area (Å²) in [6.07, 6.45) is 1.18. The van der Waals surface area contributed by atoms with E-state index in [1.807, 2.05) is 0 Å². The Bertz CT molecular complexity index is 811. The van der Waals surface area contributed by atoms with E-state index in [1.54, 1.807) is 14.0 Å². The standard InChI is InChI=1S/C17H15F2NO4/c1-3-24-17(23)16(22)11-8-14(20(2)9-11)15(21)7-10-4-5-12(18)13(19)6-10/h4-6,8-9H,3,7H2,1-2H3. The van der Waals surface area contributed by atoms with Gasteiger partial charge < -0.3 is 9.30 Å². The largest absolute Gasteiger partial charge is 0.460 e. The van der Waals surface area contributed by atoms with Gasteiger partial charge in [0.1, 0.15) is 0 Å². The van der Waals surface area contributed by atoms with Gasteiger partial charge in [-0.2, -0.15) is 0 Å². The van der Waals surface area contributed by atoms with Crippen molar-refractivity contribution in [2.75, 3.05) is 6.61 Å². The maximum Gasteiger partial charge on any atom is 0.379 e. The second kappa shape index (κ2) is 7.16. The summed E-state index contributed by atoms with van der Waals surface area (Å²) in [6, 6.07) is 4.48. The van der Waals surface area contributed by atoms with Crippen molar-refractivity contribution in [3.63, 3.8) is 0 Å². The van der Waals surface area contributed by atoms with E-state index in [0.717, 1.165) is 12.1 Å². The molecule has 0 atom stereocenters. The number of ketones is 2. The summed E-state index contributed by atoms with van der Waals surface area (Å²) >= 11 is 0. The van der Waals surface area contributed by atoms with Crippen LogP contribution in [-0.2, 0) is 23.0 Å². The molecule has 2 rings (SSSR count). The van der Waals surface area contributed by atoms with Crippen LogP contribution in [-0.4, -0.2) is 28.7 Å². The van der Waals surface area contributed by atoms with Gasteiger partial charge in [0.25, 0.3) is 5.78 Å². The molecule has 0 saturated heterocycles. The number of hydrogen-bond donors (Lipinski definition) is 0. The molecule has 126 valence electrons. The molecule has 7 heteroatoms. The third-order valence-electron chi connectivity index (χ3n) is 3.36. The zero-order valence-corrected chi connectivity index (χ0v) is 13.1. The number of hydrogen-bond acceptors (Lipinski definition) is 4. The predicted octanol–water partition coefficient (Wildman–Crippen LogP) is 2.47. The first kappa shape index (κ1) is 17.5. The van der Waals surface area contributed by atoms with Crippen molar-refractivity contribution in [3.05, 3.63) is 58.9 Å². The van der Waals surface area contributed by atoms with E-state index < -0.39 is 29.2 Å². The highest BCUT2D eigenvalue weighted by Gasteiger charge is 2.22. The highest BCUT2D eigenvalue weighted by Crippen LogP contribution is 2.15. The van der Waals surface area contributed by atoms with Gasteiger partial charge in [-0.25, -0.2) is 13.6 Å². The van der Waals surface area contributed by atoms with E-state index >= 15 is 0 Å². The van der Waals surface area contributed by atoms with Crippen LogP contribution in [0.25, 0.3) is 0 Å². The Kier molecular flexibility index (Phi) is 5.23. The minimum atomic E-state index is -1.04. The second-order valence-electron chi connectivity index (χ2n) is 5.12. The summed E-state index contributed by atoms with van der Waals surface area (Å²) in [5, 5.41) is 0. The molecule has 2 aromatic rings. The average molecular weight is 335 g/mol. The molecular weight excluding hydrogens is 320 g/mol. The maximum absolute atomic E-state index is 13.2.